The molecule has 0 aliphatic carbocycles. The van der Waals surface area contributed by atoms with E-state index in [0.717, 1.165) is 38.4 Å². The van der Waals surface area contributed by atoms with Gasteiger partial charge >= 0.3 is 0 Å². The number of hydrogen-bond donors (Lipinski definition) is 1. The third-order valence-electron chi connectivity index (χ3n) is 5.46. The average molecular weight is 374 g/mol. The highest BCUT2D eigenvalue weighted by molar-refractivity contribution is 5.78. The van der Waals surface area contributed by atoms with Crippen LogP contribution in [0, 0.1) is 0 Å². The molecule has 5 nitrogen and oxygen atoms in total. The van der Waals surface area contributed by atoms with Crippen molar-refractivity contribution in [3.63, 3.8) is 0 Å². The lowest BCUT2D eigenvalue weighted by atomic mass is 9.88. The molecule has 144 valence electrons. The number of imidazole rings is 1. The van der Waals surface area contributed by atoms with E-state index in [4.69, 9.17) is 0 Å². The molecule has 3 aromatic rings. The SMILES string of the molecule is O=C(CC(c1ccccc1)c1ccccc1)N1CCN(Cc2cnc[nH]2)CC1. The normalized spacial score (nSPS) is 15.1. The van der Waals surface area contributed by atoms with Crippen LogP contribution in [-0.2, 0) is 11.3 Å². The number of aromatic nitrogens is 2. The van der Waals surface area contributed by atoms with E-state index in [1.807, 2.05) is 47.5 Å². The molecule has 0 unspecified atom stereocenters. The number of nitrogens with one attached hydrogen (secondary N) is 1. The average Bonchev–Trinajstić information content (AvgIpc) is 3.27. The minimum Gasteiger partial charge on any atom is -0.347 e. The van der Waals surface area contributed by atoms with Crippen LogP contribution in [0.15, 0.2) is 73.2 Å². The van der Waals surface area contributed by atoms with Gasteiger partial charge in [0.25, 0.3) is 0 Å². The number of piperazine rings is 1. The van der Waals surface area contributed by atoms with Gasteiger partial charge in [-0.05, 0) is 11.1 Å². The number of hydrogen-bond acceptors (Lipinski definition) is 3. The maximum Gasteiger partial charge on any atom is 0.223 e. The standard InChI is InChI=1S/C23H26N4O/c28-23(27-13-11-26(12-14-27)17-21-16-24-18-25-21)15-22(19-7-3-1-4-8-19)20-9-5-2-6-10-20/h1-10,16,18,22H,11-15,17H2,(H,24,25). The van der Waals surface area contributed by atoms with E-state index in [-0.39, 0.29) is 11.8 Å². The molecule has 0 saturated carbocycles. The molecule has 1 N–H and O–H groups in total. The van der Waals surface area contributed by atoms with Gasteiger partial charge in [-0.3, -0.25) is 9.69 Å². The number of carbonyl (C=O) groups excluding carboxylic acids is 1. The molecule has 1 aliphatic heterocycles. The molecule has 0 radical (unpaired) electrons. The topological polar surface area (TPSA) is 52.2 Å². The number of benzene rings is 2. The first kappa shape index (κ1) is 18.4. The van der Waals surface area contributed by atoms with Gasteiger partial charge in [0.2, 0.25) is 5.91 Å². The number of amides is 1. The fourth-order valence-corrected chi connectivity index (χ4v) is 3.87. The molecule has 0 atom stereocenters. The Labute approximate surface area is 166 Å². The van der Waals surface area contributed by atoms with Gasteiger partial charge in [0, 0.05) is 57.0 Å². The molecular weight excluding hydrogens is 348 g/mol. The predicted octanol–water partition coefficient (Wildman–Crippen LogP) is 3.28. The van der Waals surface area contributed by atoms with Crippen molar-refractivity contribution in [1.82, 2.24) is 19.8 Å². The van der Waals surface area contributed by atoms with E-state index in [9.17, 15) is 4.79 Å². The van der Waals surface area contributed by atoms with Gasteiger partial charge in [0.05, 0.1) is 6.33 Å². The second-order valence-corrected chi connectivity index (χ2v) is 7.31. The molecule has 2 heterocycles. The second-order valence-electron chi connectivity index (χ2n) is 7.31. The van der Waals surface area contributed by atoms with Crippen LogP contribution in [0.25, 0.3) is 0 Å². The molecule has 0 bridgehead atoms. The summed E-state index contributed by atoms with van der Waals surface area (Å²) in [4.78, 5) is 24.7. The second kappa shape index (κ2) is 8.85. The van der Waals surface area contributed by atoms with Gasteiger partial charge in [0.1, 0.15) is 0 Å². The first-order valence-corrected chi connectivity index (χ1v) is 9.87. The third kappa shape index (κ3) is 4.49. The summed E-state index contributed by atoms with van der Waals surface area (Å²) in [7, 11) is 0. The molecular formula is C23H26N4O. The number of aromatic amines is 1. The zero-order chi connectivity index (χ0) is 19.2. The van der Waals surface area contributed by atoms with Crippen molar-refractivity contribution in [2.24, 2.45) is 0 Å². The van der Waals surface area contributed by atoms with E-state index >= 15 is 0 Å². The molecule has 1 saturated heterocycles. The van der Waals surface area contributed by atoms with Gasteiger partial charge in [-0.25, -0.2) is 4.98 Å². The summed E-state index contributed by atoms with van der Waals surface area (Å²) >= 11 is 0. The van der Waals surface area contributed by atoms with Crippen LogP contribution in [0.1, 0.15) is 29.2 Å². The van der Waals surface area contributed by atoms with Crippen molar-refractivity contribution in [3.05, 3.63) is 90.0 Å². The highest BCUT2D eigenvalue weighted by Crippen LogP contribution is 2.28. The van der Waals surface area contributed by atoms with Gasteiger partial charge < -0.3 is 9.88 Å². The van der Waals surface area contributed by atoms with Crippen molar-refractivity contribution < 1.29 is 4.79 Å². The Balaban J connectivity index is 1.40. The highest BCUT2D eigenvalue weighted by Gasteiger charge is 2.25. The molecule has 5 heteroatoms. The molecule has 1 amide bonds. The van der Waals surface area contributed by atoms with Gasteiger partial charge in [0.15, 0.2) is 0 Å². The Kier molecular flexibility index (Phi) is 5.83. The van der Waals surface area contributed by atoms with Gasteiger partial charge in [-0.15, -0.1) is 0 Å². The lowest BCUT2D eigenvalue weighted by Crippen LogP contribution is -2.48. The van der Waals surface area contributed by atoms with Crippen molar-refractivity contribution in [3.8, 4) is 0 Å². The number of rotatable bonds is 6. The maximum absolute atomic E-state index is 13.1. The lowest BCUT2D eigenvalue weighted by Gasteiger charge is -2.35. The summed E-state index contributed by atoms with van der Waals surface area (Å²) in [5.74, 6) is 0.330. The summed E-state index contributed by atoms with van der Waals surface area (Å²) in [6, 6.07) is 20.7. The number of carbonyl (C=O) groups is 1. The smallest absolute Gasteiger partial charge is 0.223 e. The van der Waals surface area contributed by atoms with Gasteiger partial charge in [-0.1, -0.05) is 60.7 Å². The molecule has 4 rings (SSSR count). The Morgan fingerprint density at radius 1 is 0.929 bits per heavy atom. The molecule has 1 aromatic heterocycles. The molecule has 2 aromatic carbocycles. The quantitative estimate of drug-likeness (QED) is 0.720. The fourth-order valence-electron chi connectivity index (χ4n) is 3.87. The van der Waals surface area contributed by atoms with Crippen LogP contribution in [-0.4, -0.2) is 51.9 Å². The monoisotopic (exact) mass is 374 g/mol. The highest BCUT2D eigenvalue weighted by atomic mass is 16.2. The van der Waals surface area contributed by atoms with Gasteiger partial charge in [-0.2, -0.15) is 0 Å². The minimum atomic E-state index is 0.0953. The summed E-state index contributed by atoms with van der Waals surface area (Å²) in [5, 5.41) is 0. The lowest BCUT2D eigenvalue weighted by molar-refractivity contribution is -0.133. The molecule has 0 spiro atoms. The zero-order valence-electron chi connectivity index (χ0n) is 16.0. The number of H-pyrrole nitrogens is 1. The summed E-state index contributed by atoms with van der Waals surface area (Å²) in [6.07, 6.45) is 4.08. The summed E-state index contributed by atoms with van der Waals surface area (Å²) in [5.41, 5.74) is 3.51. The van der Waals surface area contributed by atoms with E-state index in [1.54, 1.807) is 6.33 Å². The minimum absolute atomic E-state index is 0.0953. The zero-order valence-corrected chi connectivity index (χ0v) is 16.0. The van der Waals surface area contributed by atoms with E-state index in [0.29, 0.717) is 6.42 Å². The first-order valence-electron chi connectivity index (χ1n) is 9.87. The summed E-state index contributed by atoms with van der Waals surface area (Å²) in [6.45, 7) is 4.21. The molecule has 28 heavy (non-hydrogen) atoms. The molecule has 1 fully saturated rings. The fraction of sp³-hybridized carbons (Fsp3) is 0.304. The Morgan fingerprint density at radius 2 is 1.54 bits per heavy atom. The molecule has 1 aliphatic rings. The maximum atomic E-state index is 13.1. The van der Waals surface area contributed by atoms with Crippen LogP contribution in [0.5, 0.6) is 0 Å². The van der Waals surface area contributed by atoms with Crippen LogP contribution in [0.4, 0.5) is 0 Å². The van der Waals surface area contributed by atoms with Crippen LogP contribution in [0.3, 0.4) is 0 Å². The van der Waals surface area contributed by atoms with E-state index < -0.39 is 0 Å². The van der Waals surface area contributed by atoms with Crippen molar-refractivity contribution >= 4 is 5.91 Å². The van der Waals surface area contributed by atoms with E-state index in [1.165, 1.54) is 11.1 Å². The Hall–Kier alpha value is -2.92. The summed E-state index contributed by atoms with van der Waals surface area (Å²) < 4.78 is 0. The van der Waals surface area contributed by atoms with Crippen LogP contribution < -0.4 is 0 Å². The number of nitrogens with zero attached hydrogens (tertiary/aromatic N) is 3. The largest absolute Gasteiger partial charge is 0.347 e. The van der Waals surface area contributed by atoms with Crippen molar-refractivity contribution in [1.29, 1.82) is 0 Å². The Morgan fingerprint density at radius 3 is 2.07 bits per heavy atom. The van der Waals surface area contributed by atoms with Crippen LogP contribution >= 0.6 is 0 Å². The van der Waals surface area contributed by atoms with Crippen LogP contribution in [0.2, 0.25) is 0 Å². The van der Waals surface area contributed by atoms with Crippen molar-refractivity contribution in [2.45, 2.75) is 18.9 Å². The predicted molar refractivity (Wildman–Crippen MR) is 110 cm³/mol. The third-order valence-corrected chi connectivity index (χ3v) is 5.46. The first-order chi connectivity index (χ1) is 13.8. The van der Waals surface area contributed by atoms with Crippen molar-refractivity contribution in [2.75, 3.05) is 26.2 Å². The Bertz CT molecular complexity index is 817. The van der Waals surface area contributed by atoms with E-state index in [2.05, 4.69) is 39.1 Å².